The zero-order valence-electron chi connectivity index (χ0n) is 10.3. The number of rotatable bonds is 2. The predicted molar refractivity (Wildman–Crippen MR) is 79.5 cm³/mol. The fourth-order valence-corrected chi connectivity index (χ4v) is 2.69. The van der Waals surface area contributed by atoms with E-state index in [-0.39, 0.29) is 12.4 Å². The maximum atomic E-state index is 13.8. The van der Waals surface area contributed by atoms with Gasteiger partial charge in [0.05, 0.1) is 11.6 Å². The summed E-state index contributed by atoms with van der Waals surface area (Å²) in [6.45, 7) is 0.254. The Balaban J connectivity index is 2.31. The number of nitrogens with two attached hydrogens (primary N) is 1. The Morgan fingerprint density at radius 3 is 2.55 bits per heavy atom. The average Bonchev–Trinajstić information content (AvgIpc) is 2.81. The van der Waals surface area contributed by atoms with Crippen LogP contribution in [0.15, 0.2) is 40.8 Å². The van der Waals surface area contributed by atoms with E-state index in [1.807, 2.05) is 0 Å². The van der Waals surface area contributed by atoms with Crippen molar-refractivity contribution in [3.63, 3.8) is 0 Å². The molecule has 2 N–H and O–H groups in total. The summed E-state index contributed by atoms with van der Waals surface area (Å²) >= 11 is 12.1. The molecule has 0 spiro atoms. The second-order valence-corrected chi connectivity index (χ2v) is 5.26. The minimum Gasteiger partial charge on any atom is -0.459 e. The maximum absolute atomic E-state index is 13.8. The third kappa shape index (κ3) is 2.29. The van der Waals surface area contributed by atoms with E-state index in [2.05, 4.69) is 0 Å². The number of fused-ring (bicyclic) bond motifs is 1. The number of benzene rings is 2. The molecule has 1 aromatic heterocycles. The summed E-state index contributed by atoms with van der Waals surface area (Å²) in [5.74, 6) is 0.236. The predicted octanol–water partition coefficient (Wildman–Crippen LogP) is 5.00. The van der Waals surface area contributed by atoms with Crippen molar-refractivity contribution in [3.8, 4) is 11.1 Å². The molecule has 102 valence electrons. The molecule has 0 aliphatic carbocycles. The van der Waals surface area contributed by atoms with Crippen LogP contribution in [0.1, 0.15) is 5.76 Å². The number of hydrogen-bond acceptors (Lipinski definition) is 2. The molecule has 20 heavy (non-hydrogen) atoms. The Bertz CT molecular complexity index is 798. The van der Waals surface area contributed by atoms with E-state index in [1.165, 1.54) is 12.1 Å². The fraction of sp³-hybridized carbons (Fsp3) is 0.0667. The highest BCUT2D eigenvalue weighted by atomic mass is 35.5. The number of furan rings is 1. The van der Waals surface area contributed by atoms with E-state index < -0.39 is 0 Å². The Morgan fingerprint density at radius 2 is 1.85 bits per heavy atom. The second-order valence-electron chi connectivity index (χ2n) is 4.41. The van der Waals surface area contributed by atoms with Crippen LogP contribution < -0.4 is 5.73 Å². The lowest BCUT2D eigenvalue weighted by atomic mass is 10.0. The molecule has 0 radical (unpaired) electrons. The number of hydrogen-bond donors (Lipinski definition) is 1. The molecule has 0 fully saturated rings. The van der Waals surface area contributed by atoms with E-state index in [9.17, 15) is 4.39 Å². The molecule has 0 amide bonds. The molecule has 0 aliphatic heterocycles. The molecular weight excluding hydrogens is 300 g/mol. The molecule has 2 nitrogen and oxygen atoms in total. The number of halogens is 3. The molecule has 0 unspecified atom stereocenters. The summed E-state index contributed by atoms with van der Waals surface area (Å²) in [6, 6.07) is 9.58. The van der Waals surface area contributed by atoms with Crippen LogP contribution in [-0.4, -0.2) is 0 Å². The van der Waals surface area contributed by atoms with Gasteiger partial charge in [0.1, 0.15) is 17.2 Å². The van der Waals surface area contributed by atoms with Crippen LogP contribution in [0.5, 0.6) is 0 Å². The van der Waals surface area contributed by atoms with Crippen molar-refractivity contribution in [1.82, 2.24) is 0 Å². The SMILES string of the molecule is NCc1cc2cc(F)cc(-c3ccc(Cl)cc3Cl)c2o1. The van der Waals surface area contributed by atoms with E-state index in [1.54, 1.807) is 24.3 Å². The first-order chi connectivity index (χ1) is 9.58. The van der Waals surface area contributed by atoms with Crippen LogP contribution in [-0.2, 0) is 6.54 Å². The van der Waals surface area contributed by atoms with Crippen LogP contribution >= 0.6 is 23.2 Å². The van der Waals surface area contributed by atoms with Gasteiger partial charge >= 0.3 is 0 Å². The molecule has 0 aliphatic rings. The molecule has 1 heterocycles. The highest BCUT2D eigenvalue weighted by Crippen LogP contribution is 2.36. The summed E-state index contributed by atoms with van der Waals surface area (Å²) in [5, 5.41) is 1.62. The molecule has 2 aromatic carbocycles. The Kier molecular flexibility index (Phi) is 3.42. The van der Waals surface area contributed by atoms with Gasteiger partial charge in [-0.1, -0.05) is 29.3 Å². The third-order valence-corrected chi connectivity index (χ3v) is 3.60. The minimum absolute atomic E-state index is 0.254. The largest absolute Gasteiger partial charge is 0.459 e. The Hall–Kier alpha value is -1.55. The van der Waals surface area contributed by atoms with Gasteiger partial charge in [0.15, 0.2) is 0 Å². The summed E-state index contributed by atoms with van der Waals surface area (Å²) in [7, 11) is 0. The molecular formula is C15H10Cl2FNO. The lowest BCUT2D eigenvalue weighted by molar-refractivity contribution is 0.552. The first-order valence-corrected chi connectivity index (χ1v) is 6.71. The minimum atomic E-state index is -0.358. The summed E-state index contributed by atoms with van der Waals surface area (Å²) in [5.41, 5.74) is 7.37. The van der Waals surface area contributed by atoms with Crippen LogP contribution in [0.2, 0.25) is 10.0 Å². The lowest BCUT2D eigenvalue weighted by Gasteiger charge is -2.06. The zero-order valence-corrected chi connectivity index (χ0v) is 11.8. The zero-order chi connectivity index (χ0) is 14.3. The van der Waals surface area contributed by atoms with Crippen LogP contribution in [0.3, 0.4) is 0 Å². The van der Waals surface area contributed by atoms with Crippen molar-refractivity contribution >= 4 is 34.2 Å². The first kappa shape index (κ1) is 13.4. The highest BCUT2D eigenvalue weighted by Gasteiger charge is 2.14. The van der Waals surface area contributed by atoms with Crippen molar-refractivity contribution < 1.29 is 8.81 Å². The van der Waals surface area contributed by atoms with Gasteiger partial charge in [-0.25, -0.2) is 4.39 Å². The molecule has 3 aromatic rings. The van der Waals surface area contributed by atoms with Crippen molar-refractivity contribution in [2.45, 2.75) is 6.54 Å². The molecule has 0 saturated heterocycles. The average molecular weight is 310 g/mol. The van der Waals surface area contributed by atoms with Gasteiger partial charge in [-0.2, -0.15) is 0 Å². The van der Waals surface area contributed by atoms with Gasteiger partial charge in [0.2, 0.25) is 0 Å². The monoisotopic (exact) mass is 309 g/mol. The van der Waals surface area contributed by atoms with Gasteiger partial charge in [0, 0.05) is 21.5 Å². The molecule has 0 saturated carbocycles. The molecule has 5 heteroatoms. The molecule has 0 atom stereocenters. The maximum Gasteiger partial charge on any atom is 0.142 e. The highest BCUT2D eigenvalue weighted by molar-refractivity contribution is 6.36. The molecule has 0 bridgehead atoms. The van der Waals surface area contributed by atoms with Crippen molar-refractivity contribution in [1.29, 1.82) is 0 Å². The van der Waals surface area contributed by atoms with E-state index >= 15 is 0 Å². The third-order valence-electron chi connectivity index (χ3n) is 3.05. The van der Waals surface area contributed by atoms with Gasteiger partial charge < -0.3 is 10.2 Å². The second kappa shape index (κ2) is 5.09. The lowest BCUT2D eigenvalue weighted by Crippen LogP contribution is -1.92. The standard InChI is InChI=1S/C15H10Cl2FNO/c16-9-1-2-12(14(17)5-9)13-6-10(18)3-8-4-11(7-19)20-15(8)13/h1-6H,7,19H2. The van der Waals surface area contributed by atoms with Gasteiger partial charge in [-0.3, -0.25) is 0 Å². The van der Waals surface area contributed by atoms with Crippen LogP contribution in [0.4, 0.5) is 4.39 Å². The van der Waals surface area contributed by atoms with Crippen molar-refractivity contribution in [2.24, 2.45) is 5.73 Å². The van der Waals surface area contributed by atoms with Crippen LogP contribution in [0.25, 0.3) is 22.1 Å². The van der Waals surface area contributed by atoms with E-state index in [4.69, 9.17) is 33.4 Å². The van der Waals surface area contributed by atoms with Crippen LogP contribution in [0, 0.1) is 5.82 Å². The Morgan fingerprint density at radius 1 is 1.05 bits per heavy atom. The fourth-order valence-electron chi connectivity index (χ4n) is 2.18. The van der Waals surface area contributed by atoms with Gasteiger partial charge in [-0.15, -0.1) is 0 Å². The van der Waals surface area contributed by atoms with Crippen molar-refractivity contribution in [2.75, 3.05) is 0 Å². The van der Waals surface area contributed by atoms with Gasteiger partial charge in [0.25, 0.3) is 0 Å². The van der Waals surface area contributed by atoms with E-state index in [0.717, 1.165) is 0 Å². The Labute approximate surface area is 124 Å². The topological polar surface area (TPSA) is 39.2 Å². The normalized spacial score (nSPS) is 11.2. The summed E-state index contributed by atoms with van der Waals surface area (Å²) < 4.78 is 19.4. The van der Waals surface area contributed by atoms with Gasteiger partial charge in [-0.05, 0) is 30.3 Å². The summed E-state index contributed by atoms with van der Waals surface area (Å²) in [4.78, 5) is 0. The molecule has 3 rings (SSSR count). The smallest absolute Gasteiger partial charge is 0.142 e. The van der Waals surface area contributed by atoms with Crippen molar-refractivity contribution in [3.05, 3.63) is 58.0 Å². The first-order valence-electron chi connectivity index (χ1n) is 5.96. The van der Waals surface area contributed by atoms with E-state index in [0.29, 0.717) is 37.9 Å². The summed E-state index contributed by atoms with van der Waals surface area (Å²) in [6.07, 6.45) is 0. The quantitative estimate of drug-likeness (QED) is 0.723.